The molecule has 2 heterocycles. The molecule has 3 aromatic rings. The number of carbonyl (C=O) groups is 2. The minimum Gasteiger partial charge on any atom is -0.475 e. The van der Waals surface area contributed by atoms with Gasteiger partial charge in [-0.1, -0.05) is 12.1 Å². The van der Waals surface area contributed by atoms with E-state index in [2.05, 4.69) is 15.2 Å². The fourth-order valence-electron chi connectivity index (χ4n) is 2.23. The molecule has 0 saturated carbocycles. The lowest BCUT2D eigenvalue weighted by Crippen LogP contribution is -2.24. The van der Waals surface area contributed by atoms with Crippen LogP contribution in [0.25, 0.3) is 22.7 Å². The number of nitrogens with one attached hydrogen (secondary N) is 1. The van der Waals surface area contributed by atoms with E-state index in [0.717, 1.165) is 6.20 Å². The molecular formula is C18H17N3O5. The lowest BCUT2D eigenvalue weighted by atomic mass is 10.1. The Bertz CT molecular complexity index is 965. The molecule has 26 heavy (non-hydrogen) atoms. The van der Waals surface area contributed by atoms with Crippen LogP contribution in [0.15, 0.2) is 40.9 Å². The number of rotatable bonds is 4. The molecule has 0 fully saturated rings. The van der Waals surface area contributed by atoms with Gasteiger partial charge < -0.3 is 14.3 Å². The number of H-pyrrole nitrogens is 1. The van der Waals surface area contributed by atoms with Crippen molar-refractivity contribution in [2.75, 3.05) is 0 Å². The van der Waals surface area contributed by atoms with Crippen LogP contribution < -0.4 is 0 Å². The van der Waals surface area contributed by atoms with Crippen LogP contribution in [0.2, 0.25) is 0 Å². The number of aromatic nitrogens is 3. The van der Waals surface area contributed by atoms with Crippen molar-refractivity contribution in [3.05, 3.63) is 48.0 Å². The highest BCUT2D eigenvalue weighted by atomic mass is 16.6. The van der Waals surface area contributed by atoms with Crippen molar-refractivity contribution in [1.29, 1.82) is 0 Å². The smallest absolute Gasteiger partial charge is 0.373 e. The molecule has 134 valence electrons. The van der Waals surface area contributed by atoms with Crippen LogP contribution in [-0.4, -0.2) is 37.8 Å². The zero-order valence-corrected chi connectivity index (χ0v) is 14.4. The number of benzene rings is 1. The van der Waals surface area contributed by atoms with Gasteiger partial charge in [0, 0.05) is 11.1 Å². The third-order valence-corrected chi connectivity index (χ3v) is 3.32. The van der Waals surface area contributed by atoms with E-state index in [9.17, 15) is 9.59 Å². The van der Waals surface area contributed by atoms with Gasteiger partial charge in [0.2, 0.25) is 11.7 Å². The Morgan fingerprint density at radius 2 is 1.92 bits per heavy atom. The Kier molecular flexibility index (Phi) is 4.33. The van der Waals surface area contributed by atoms with E-state index in [1.165, 1.54) is 0 Å². The maximum absolute atomic E-state index is 12.1. The number of ether oxygens (including phenoxy) is 1. The molecule has 2 N–H and O–H groups in total. The first-order valence-electron chi connectivity index (χ1n) is 7.81. The highest BCUT2D eigenvalue weighted by Gasteiger charge is 2.20. The predicted molar refractivity (Wildman–Crippen MR) is 91.6 cm³/mol. The normalized spacial score (nSPS) is 11.3. The number of hydrogen-bond donors (Lipinski definition) is 2. The summed E-state index contributed by atoms with van der Waals surface area (Å²) >= 11 is 0. The molecule has 8 nitrogen and oxygen atoms in total. The standard InChI is InChI=1S/C18H17N3O5/c1-18(2,3)26-17(24)13-8-12(20-21-13)10-5-4-6-11(7-10)15-19-9-14(25-15)16(22)23/h4-9H,1-3H3,(H,20,21)(H,22,23). The SMILES string of the molecule is CC(C)(C)OC(=O)c1cc(-c2cccc(-c3ncc(C(=O)O)o3)c2)n[nH]1. The second kappa shape index (κ2) is 6.47. The van der Waals surface area contributed by atoms with Crippen molar-refractivity contribution in [3.8, 4) is 22.7 Å². The quantitative estimate of drug-likeness (QED) is 0.689. The van der Waals surface area contributed by atoms with E-state index in [-0.39, 0.29) is 17.3 Å². The predicted octanol–water partition coefficient (Wildman–Crippen LogP) is 3.39. The number of carbonyl (C=O) groups excluding carboxylic acids is 1. The minimum atomic E-state index is -1.19. The highest BCUT2D eigenvalue weighted by Crippen LogP contribution is 2.26. The lowest BCUT2D eigenvalue weighted by Gasteiger charge is -2.18. The summed E-state index contributed by atoms with van der Waals surface area (Å²) in [6.45, 7) is 5.36. The van der Waals surface area contributed by atoms with E-state index in [1.54, 1.807) is 51.1 Å². The van der Waals surface area contributed by atoms with Crippen molar-refractivity contribution in [2.24, 2.45) is 0 Å². The van der Waals surface area contributed by atoms with Crippen LogP contribution in [0.4, 0.5) is 0 Å². The second-order valence-corrected chi connectivity index (χ2v) is 6.58. The molecule has 3 rings (SSSR count). The number of nitrogens with zero attached hydrogens (tertiary/aromatic N) is 2. The summed E-state index contributed by atoms with van der Waals surface area (Å²) < 4.78 is 10.5. The van der Waals surface area contributed by atoms with Crippen molar-refractivity contribution >= 4 is 11.9 Å². The second-order valence-electron chi connectivity index (χ2n) is 6.58. The van der Waals surface area contributed by atoms with E-state index >= 15 is 0 Å². The van der Waals surface area contributed by atoms with Crippen LogP contribution in [0.3, 0.4) is 0 Å². The van der Waals surface area contributed by atoms with Gasteiger partial charge in [0.05, 0.1) is 11.9 Å². The molecule has 0 aliphatic carbocycles. The molecule has 0 bridgehead atoms. The fraction of sp³-hybridized carbons (Fsp3) is 0.222. The Hall–Kier alpha value is -3.42. The molecule has 0 aliphatic heterocycles. The maximum atomic E-state index is 12.1. The Morgan fingerprint density at radius 3 is 2.58 bits per heavy atom. The summed E-state index contributed by atoms with van der Waals surface area (Å²) in [4.78, 5) is 27.0. The number of hydrogen-bond acceptors (Lipinski definition) is 6. The zero-order chi connectivity index (χ0) is 18.9. The van der Waals surface area contributed by atoms with Crippen molar-refractivity contribution in [2.45, 2.75) is 26.4 Å². The van der Waals surface area contributed by atoms with Gasteiger partial charge in [-0.3, -0.25) is 5.10 Å². The summed E-state index contributed by atoms with van der Waals surface area (Å²) in [6, 6.07) is 8.64. The van der Waals surface area contributed by atoms with Crippen LogP contribution in [0, 0.1) is 0 Å². The number of aromatic amines is 1. The van der Waals surface area contributed by atoms with Crippen LogP contribution in [0.5, 0.6) is 0 Å². The average Bonchev–Trinajstić information content (AvgIpc) is 3.23. The molecule has 0 aliphatic rings. The highest BCUT2D eigenvalue weighted by molar-refractivity contribution is 5.89. The first-order chi connectivity index (χ1) is 12.2. The number of carboxylic acid groups (broad SMARTS) is 1. The van der Waals surface area contributed by atoms with Gasteiger partial charge in [0.25, 0.3) is 0 Å². The summed E-state index contributed by atoms with van der Waals surface area (Å²) in [7, 11) is 0. The Morgan fingerprint density at radius 1 is 1.19 bits per heavy atom. The Balaban J connectivity index is 1.86. The van der Waals surface area contributed by atoms with E-state index in [1.807, 2.05) is 0 Å². The first kappa shape index (κ1) is 17.4. The molecule has 0 amide bonds. The number of esters is 1. The number of oxazole rings is 1. The molecule has 8 heteroatoms. The maximum Gasteiger partial charge on any atom is 0.373 e. The molecule has 1 aromatic carbocycles. The van der Waals surface area contributed by atoms with Gasteiger partial charge in [-0.2, -0.15) is 5.10 Å². The summed E-state index contributed by atoms with van der Waals surface area (Å²) in [5, 5.41) is 15.7. The molecule has 0 saturated heterocycles. The molecule has 0 unspecified atom stereocenters. The molecule has 2 aromatic heterocycles. The van der Waals surface area contributed by atoms with Gasteiger partial charge in [-0.25, -0.2) is 14.6 Å². The Labute approximate surface area is 148 Å². The largest absolute Gasteiger partial charge is 0.475 e. The van der Waals surface area contributed by atoms with Crippen LogP contribution in [-0.2, 0) is 4.74 Å². The van der Waals surface area contributed by atoms with Crippen molar-refractivity contribution in [3.63, 3.8) is 0 Å². The van der Waals surface area contributed by atoms with E-state index in [0.29, 0.717) is 16.8 Å². The van der Waals surface area contributed by atoms with Gasteiger partial charge in [-0.15, -0.1) is 0 Å². The monoisotopic (exact) mass is 355 g/mol. The summed E-state index contributed by atoms with van der Waals surface area (Å²) in [6.07, 6.45) is 1.15. The molecule has 0 atom stereocenters. The van der Waals surface area contributed by atoms with Crippen molar-refractivity contribution < 1.29 is 23.8 Å². The molecular weight excluding hydrogens is 338 g/mol. The summed E-state index contributed by atoms with van der Waals surface area (Å²) in [5.41, 5.74) is 1.48. The van der Waals surface area contributed by atoms with Crippen molar-refractivity contribution in [1.82, 2.24) is 15.2 Å². The third-order valence-electron chi connectivity index (χ3n) is 3.32. The molecule has 0 radical (unpaired) electrons. The minimum absolute atomic E-state index is 0.187. The van der Waals surface area contributed by atoms with Gasteiger partial charge in [0.1, 0.15) is 11.3 Å². The van der Waals surface area contributed by atoms with Gasteiger partial charge in [-0.05, 0) is 39.0 Å². The van der Waals surface area contributed by atoms with Crippen LogP contribution in [0.1, 0.15) is 41.8 Å². The van der Waals surface area contributed by atoms with E-state index < -0.39 is 17.5 Å². The molecule has 0 spiro atoms. The topological polar surface area (TPSA) is 118 Å². The lowest BCUT2D eigenvalue weighted by molar-refractivity contribution is 0.00626. The van der Waals surface area contributed by atoms with E-state index in [4.69, 9.17) is 14.3 Å². The summed E-state index contributed by atoms with van der Waals surface area (Å²) in [5.74, 6) is -1.73. The first-order valence-corrected chi connectivity index (χ1v) is 7.81. The zero-order valence-electron chi connectivity index (χ0n) is 14.4. The third kappa shape index (κ3) is 3.80. The number of aromatic carboxylic acids is 1. The average molecular weight is 355 g/mol. The fourth-order valence-corrected chi connectivity index (χ4v) is 2.23. The number of carboxylic acids is 1. The van der Waals surface area contributed by atoms with Crippen LogP contribution >= 0.6 is 0 Å². The van der Waals surface area contributed by atoms with Gasteiger partial charge >= 0.3 is 11.9 Å². The van der Waals surface area contributed by atoms with Gasteiger partial charge in [0.15, 0.2) is 0 Å².